The number of nitrogens with one attached hydrogen (secondary N) is 1. The molecule has 0 aromatic heterocycles. The van der Waals surface area contributed by atoms with Crippen LogP contribution in [0, 0.1) is 9.39 Å². The lowest BCUT2D eigenvalue weighted by atomic mass is 9.99. The van der Waals surface area contributed by atoms with Crippen molar-refractivity contribution < 1.29 is 4.39 Å². The molecule has 0 aliphatic rings. The second kappa shape index (κ2) is 8.04. The van der Waals surface area contributed by atoms with Crippen molar-refractivity contribution >= 4 is 54.5 Å². The van der Waals surface area contributed by atoms with Gasteiger partial charge in [0.25, 0.3) is 0 Å². The molecule has 0 saturated carbocycles. The Labute approximate surface area is 155 Å². The third-order valence-electron chi connectivity index (χ3n) is 3.21. The molecule has 21 heavy (non-hydrogen) atoms. The Bertz CT molecular complexity index is 634. The maximum atomic E-state index is 13.4. The van der Waals surface area contributed by atoms with E-state index in [4.69, 9.17) is 0 Å². The Hall–Kier alpha value is 0.0200. The van der Waals surface area contributed by atoms with Crippen LogP contribution in [0.3, 0.4) is 0 Å². The molecule has 2 aromatic carbocycles. The van der Waals surface area contributed by atoms with E-state index in [1.165, 1.54) is 15.2 Å². The fourth-order valence-corrected chi connectivity index (χ4v) is 3.74. The molecule has 0 fully saturated rings. The molecule has 112 valence electrons. The van der Waals surface area contributed by atoms with Gasteiger partial charge in [0.15, 0.2) is 0 Å². The zero-order chi connectivity index (χ0) is 15.4. The summed E-state index contributed by atoms with van der Waals surface area (Å²) in [4.78, 5) is 0. The summed E-state index contributed by atoms with van der Waals surface area (Å²) in [6.07, 6.45) is 0.819. The molecule has 0 saturated heterocycles. The van der Waals surface area contributed by atoms with Crippen LogP contribution < -0.4 is 5.32 Å². The van der Waals surface area contributed by atoms with Crippen LogP contribution in [-0.4, -0.2) is 6.54 Å². The molecule has 0 aliphatic heterocycles. The lowest BCUT2D eigenvalue weighted by molar-refractivity contribution is 0.546. The third kappa shape index (κ3) is 4.74. The summed E-state index contributed by atoms with van der Waals surface area (Å²) in [5, 5.41) is 3.51. The fraction of sp³-hybridized carbons (Fsp3) is 0.250. The second-order valence-electron chi connectivity index (χ2n) is 4.73. The highest BCUT2D eigenvalue weighted by Gasteiger charge is 2.15. The number of hydrogen-bond donors (Lipinski definition) is 1. The van der Waals surface area contributed by atoms with Gasteiger partial charge < -0.3 is 5.32 Å². The number of halogens is 4. The van der Waals surface area contributed by atoms with E-state index in [1.807, 2.05) is 18.2 Å². The van der Waals surface area contributed by atoms with Gasteiger partial charge in [0.1, 0.15) is 5.82 Å². The Kier molecular flexibility index (Phi) is 6.65. The van der Waals surface area contributed by atoms with Crippen LogP contribution in [0.1, 0.15) is 24.1 Å². The SMILES string of the molecule is CCNC(Cc1ccc(F)c(Br)c1)c1cc(Br)ccc1I. The Balaban J connectivity index is 2.30. The van der Waals surface area contributed by atoms with Gasteiger partial charge in [-0.2, -0.15) is 0 Å². The van der Waals surface area contributed by atoms with Crippen LogP contribution in [0.5, 0.6) is 0 Å². The molecule has 0 spiro atoms. The first kappa shape index (κ1) is 17.4. The third-order valence-corrected chi connectivity index (χ3v) is 5.29. The first-order valence-electron chi connectivity index (χ1n) is 6.63. The summed E-state index contributed by atoms with van der Waals surface area (Å²) in [5.74, 6) is -0.226. The molecule has 2 rings (SSSR count). The fourth-order valence-electron chi connectivity index (χ4n) is 2.22. The smallest absolute Gasteiger partial charge is 0.137 e. The van der Waals surface area contributed by atoms with Gasteiger partial charge in [-0.05, 0) is 92.9 Å². The highest BCUT2D eigenvalue weighted by molar-refractivity contribution is 14.1. The predicted octanol–water partition coefficient (Wildman–Crippen LogP) is 5.85. The molecule has 1 N–H and O–H groups in total. The molecule has 1 nitrogen and oxygen atoms in total. The van der Waals surface area contributed by atoms with Crippen molar-refractivity contribution in [2.75, 3.05) is 6.54 Å². The lowest BCUT2D eigenvalue weighted by Crippen LogP contribution is -2.23. The van der Waals surface area contributed by atoms with Crippen molar-refractivity contribution in [2.24, 2.45) is 0 Å². The van der Waals surface area contributed by atoms with Gasteiger partial charge in [-0.3, -0.25) is 0 Å². The van der Waals surface area contributed by atoms with Crippen molar-refractivity contribution in [3.8, 4) is 0 Å². The van der Waals surface area contributed by atoms with E-state index in [9.17, 15) is 4.39 Å². The summed E-state index contributed by atoms with van der Waals surface area (Å²) < 4.78 is 16.2. The zero-order valence-corrected chi connectivity index (χ0v) is 16.8. The summed E-state index contributed by atoms with van der Waals surface area (Å²) >= 11 is 9.14. The van der Waals surface area contributed by atoms with Gasteiger partial charge in [0, 0.05) is 14.1 Å². The van der Waals surface area contributed by atoms with E-state index in [0.29, 0.717) is 4.47 Å². The van der Waals surface area contributed by atoms with Crippen molar-refractivity contribution in [1.29, 1.82) is 0 Å². The van der Waals surface area contributed by atoms with E-state index in [-0.39, 0.29) is 11.9 Å². The van der Waals surface area contributed by atoms with Crippen LogP contribution in [0.4, 0.5) is 4.39 Å². The Morgan fingerprint density at radius 3 is 2.62 bits per heavy atom. The minimum atomic E-state index is -0.226. The monoisotopic (exact) mass is 525 g/mol. The zero-order valence-electron chi connectivity index (χ0n) is 11.5. The second-order valence-corrected chi connectivity index (χ2v) is 7.66. The van der Waals surface area contributed by atoms with Gasteiger partial charge in [-0.15, -0.1) is 0 Å². The molecule has 0 radical (unpaired) electrons. The minimum absolute atomic E-state index is 0.205. The van der Waals surface area contributed by atoms with Crippen LogP contribution in [0.25, 0.3) is 0 Å². The maximum Gasteiger partial charge on any atom is 0.137 e. The molecule has 0 aliphatic carbocycles. The van der Waals surface area contributed by atoms with E-state index in [1.54, 1.807) is 0 Å². The molecule has 2 aromatic rings. The summed E-state index contributed by atoms with van der Waals surface area (Å²) in [6, 6.07) is 11.7. The topological polar surface area (TPSA) is 12.0 Å². The Morgan fingerprint density at radius 1 is 1.19 bits per heavy atom. The largest absolute Gasteiger partial charge is 0.310 e. The van der Waals surface area contributed by atoms with Gasteiger partial charge in [0.05, 0.1) is 4.47 Å². The summed E-state index contributed by atoms with van der Waals surface area (Å²) in [5.41, 5.74) is 2.36. The summed E-state index contributed by atoms with van der Waals surface area (Å²) in [6.45, 7) is 2.98. The predicted molar refractivity (Wildman–Crippen MR) is 101 cm³/mol. The average Bonchev–Trinajstić information content (AvgIpc) is 2.45. The van der Waals surface area contributed by atoms with Crippen molar-refractivity contribution in [1.82, 2.24) is 5.32 Å². The van der Waals surface area contributed by atoms with E-state index in [0.717, 1.165) is 23.0 Å². The molecule has 1 atom stereocenters. The normalized spacial score (nSPS) is 12.4. The molecule has 0 bridgehead atoms. The van der Waals surface area contributed by atoms with Crippen molar-refractivity contribution in [3.05, 3.63) is 65.9 Å². The average molecular weight is 527 g/mol. The van der Waals surface area contributed by atoms with Gasteiger partial charge in [-0.25, -0.2) is 4.39 Å². The van der Waals surface area contributed by atoms with Gasteiger partial charge in [0.2, 0.25) is 0 Å². The van der Waals surface area contributed by atoms with Crippen LogP contribution >= 0.6 is 54.5 Å². The molecule has 5 heteroatoms. The maximum absolute atomic E-state index is 13.4. The quantitative estimate of drug-likeness (QED) is 0.482. The molecular formula is C16H15Br2FIN. The highest BCUT2D eigenvalue weighted by atomic mass is 127. The molecule has 0 heterocycles. The van der Waals surface area contributed by atoms with Crippen LogP contribution in [0.15, 0.2) is 45.3 Å². The molecule has 1 unspecified atom stereocenters. The van der Waals surface area contributed by atoms with Gasteiger partial charge in [-0.1, -0.05) is 28.9 Å². The molecular weight excluding hydrogens is 512 g/mol. The highest BCUT2D eigenvalue weighted by Crippen LogP contribution is 2.28. The number of rotatable bonds is 5. The van der Waals surface area contributed by atoms with Gasteiger partial charge >= 0.3 is 0 Å². The number of likely N-dealkylation sites (N-methyl/N-ethyl adjacent to an activating group) is 1. The molecule has 0 amide bonds. The Morgan fingerprint density at radius 2 is 1.95 bits per heavy atom. The van der Waals surface area contributed by atoms with Crippen LogP contribution in [-0.2, 0) is 6.42 Å². The van der Waals surface area contributed by atoms with Crippen LogP contribution in [0.2, 0.25) is 0 Å². The summed E-state index contributed by atoms with van der Waals surface area (Å²) in [7, 11) is 0. The van der Waals surface area contributed by atoms with E-state index < -0.39 is 0 Å². The van der Waals surface area contributed by atoms with Crippen molar-refractivity contribution in [2.45, 2.75) is 19.4 Å². The number of hydrogen-bond acceptors (Lipinski definition) is 1. The minimum Gasteiger partial charge on any atom is -0.310 e. The standard InChI is InChI=1S/C16H15Br2FIN/c1-2-21-16(12-9-11(17)4-6-15(12)20)8-10-3-5-14(19)13(18)7-10/h3-7,9,16,21H,2,8H2,1H3. The first-order chi connectivity index (χ1) is 10.0. The lowest BCUT2D eigenvalue weighted by Gasteiger charge is -2.20. The van der Waals surface area contributed by atoms with E-state index >= 15 is 0 Å². The van der Waals surface area contributed by atoms with E-state index in [2.05, 4.69) is 78.8 Å². The number of benzene rings is 2. The first-order valence-corrected chi connectivity index (χ1v) is 9.30. The van der Waals surface area contributed by atoms with Crippen molar-refractivity contribution in [3.63, 3.8) is 0 Å².